The zero-order chi connectivity index (χ0) is 20.5. The molecular formula is C18H16ClN3O5S. The monoisotopic (exact) mass is 421 g/mol. The Morgan fingerprint density at radius 3 is 2.18 bits per heavy atom. The average Bonchev–Trinajstić information content (AvgIpc) is 2.86. The van der Waals surface area contributed by atoms with Gasteiger partial charge in [-0.1, -0.05) is 11.6 Å². The van der Waals surface area contributed by atoms with Crippen molar-refractivity contribution in [2.75, 3.05) is 16.8 Å². The molecule has 0 bridgehead atoms. The van der Waals surface area contributed by atoms with Crippen molar-refractivity contribution in [3.63, 3.8) is 0 Å². The van der Waals surface area contributed by atoms with Crippen LogP contribution in [0.4, 0.5) is 11.4 Å². The maximum absolute atomic E-state index is 12.7. The van der Waals surface area contributed by atoms with Gasteiger partial charge in [-0.15, -0.1) is 0 Å². The van der Waals surface area contributed by atoms with Crippen LogP contribution in [-0.2, 0) is 19.6 Å². The van der Waals surface area contributed by atoms with Crippen molar-refractivity contribution in [1.82, 2.24) is 0 Å². The Morgan fingerprint density at radius 1 is 1.04 bits per heavy atom. The molecule has 3 N–H and O–H groups in total. The van der Waals surface area contributed by atoms with Gasteiger partial charge in [0.1, 0.15) is 16.5 Å². The van der Waals surface area contributed by atoms with Crippen molar-refractivity contribution in [2.24, 2.45) is 5.14 Å². The van der Waals surface area contributed by atoms with Gasteiger partial charge in [-0.25, -0.2) is 18.5 Å². The van der Waals surface area contributed by atoms with E-state index < -0.39 is 21.8 Å². The molecule has 0 fully saturated rings. The number of nitrogens with zero attached hydrogens (tertiary/aromatic N) is 1. The maximum Gasteiger partial charge on any atom is 0.283 e. The van der Waals surface area contributed by atoms with Crippen LogP contribution in [0.3, 0.4) is 0 Å². The van der Waals surface area contributed by atoms with Crippen LogP contribution in [-0.4, -0.2) is 26.8 Å². The first-order chi connectivity index (χ1) is 13.2. The Bertz CT molecular complexity index is 1060. The molecule has 0 spiro atoms. The first kappa shape index (κ1) is 19.9. The van der Waals surface area contributed by atoms with Crippen molar-refractivity contribution in [2.45, 2.75) is 11.8 Å². The van der Waals surface area contributed by atoms with E-state index in [1.807, 2.05) is 6.92 Å². The molecule has 28 heavy (non-hydrogen) atoms. The van der Waals surface area contributed by atoms with Gasteiger partial charge in [0.05, 0.1) is 17.2 Å². The summed E-state index contributed by atoms with van der Waals surface area (Å²) in [6.07, 6.45) is 0. The molecule has 10 heteroatoms. The highest BCUT2D eigenvalue weighted by Crippen LogP contribution is 2.31. The molecule has 1 aliphatic rings. The van der Waals surface area contributed by atoms with E-state index >= 15 is 0 Å². The van der Waals surface area contributed by atoms with Crippen LogP contribution < -0.4 is 20.1 Å². The second-order valence-corrected chi connectivity index (χ2v) is 7.70. The number of rotatable bonds is 6. The summed E-state index contributed by atoms with van der Waals surface area (Å²) < 4.78 is 28.0. The van der Waals surface area contributed by atoms with E-state index in [0.29, 0.717) is 23.7 Å². The SMILES string of the molecule is CCOc1ccc(N2C(=O)C(Cl)=C(Nc3ccc(S(N)(=O)=O)cc3)C2=O)cc1. The number of nitrogens with two attached hydrogens (primary N) is 1. The highest BCUT2D eigenvalue weighted by Gasteiger charge is 2.38. The molecule has 2 amide bonds. The predicted octanol–water partition coefficient (Wildman–Crippen LogP) is 2.17. The molecular weight excluding hydrogens is 406 g/mol. The van der Waals surface area contributed by atoms with Crippen LogP contribution in [0.5, 0.6) is 5.75 Å². The van der Waals surface area contributed by atoms with Gasteiger partial charge in [0.15, 0.2) is 0 Å². The summed E-state index contributed by atoms with van der Waals surface area (Å²) in [6, 6.07) is 11.8. The number of carbonyl (C=O) groups is 2. The number of hydrogen-bond acceptors (Lipinski definition) is 6. The van der Waals surface area contributed by atoms with E-state index in [0.717, 1.165) is 4.90 Å². The summed E-state index contributed by atoms with van der Waals surface area (Å²) in [4.78, 5) is 26.0. The molecule has 1 heterocycles. The van der Waals surface area contributed by atoms with E-state index in [4.69, 9.17) is 21.5 Å². The Morgan fingerprint density at radius 2 is 1.64 bits per heavy atom. The van der Waals surface area contributed by atoms with E-state index in [1.54, 1.807) is 24.3 Å². The number of halogens is 1. The van der Waals surface area contributed by atoms with E-state index in [9.17, 15) is 18.0 Å². The third-order valence-electron chi connectivity index (χ3n) is 3.89. The third-order valence-corrected chi connectivity index (χ3v) is 5.17. The van der Waals surface area contributed by atoms with Crippen molar-refractivity contribution in [1.29, 1.82) is 0 Å². The van der Waals surface area contributed by atoms with Gasteiger partial charge in [-0.05, 0) is 55.5 Å². The molecule has 146 valence electrons. The van der Waals surface area contributed by atoms with Crippen LogP contribution in [0.15, 0.2) is 64.2 Å². The second kappa shape index (κ2) is 7.63. The third kappa shape index (κ3) is 3.86. The molecule has 0 atom stereocenters. The number of primary sulfonamides is 1. The summed E-state index contributed by atoms with van der Waals surface area (Å²) >= 11 is 6.07. The lowest BCUT2D eigenvalue weighted by Crippen LogP contribution is -2.32. The van der Waals surface area contributed by atoms with Crippen molar-refractivity contribution in [3.8, 4) is 5.75 Å². The molecule has 2 aromatic rings. The number of nitrogens with one attached hydrogen (secondary N) is 1. The Labute approximate surface area is 166 Å². The molecule has 0 saturated carbocycles. The number of ether oxygens (including phenoxy) is 1. The number of sulfonamides is 1. The van der Waals surface area contributed by atoms with Crippen LogP contribution in [0.1, 0.15) is 6.92 Å². The van der Waals surface area contributed by atoms with Gasteiger partial charge < -0.3 is 10.1 Å². The Balaban J connectivity index is 1.83. The molecule has 8 nitrogen and oxygen atoms in total. The number of hydrogen-bond donors (Lipinski definition) is 2. The minimum atomic E-state index is -3.84. The first-order valence-corrected chi connectivity index (χ1v) is 10.1. The lowest BCUT2D eigenvalue weighted by atomic mass is 10.2. The average molecular weight is 422 g/mol. The second-order valence-electron chi connectivity index (χ2n) is 5.76. The summed E-state index contributed by atoms with van der Waals surface area (Å²) in [5.74, 6) is -0.688. The largest absolute Gasteiger partial charge is 0.494 e. The molecule has 0 unspecified atom stereocenters. The summed E-state index contributed by atoms with van der Waals surface area (Å²) in [5.41, 5.74) is 0.608. The number of imide groups is 1. The lowest BCUT2D eigenvalue weighted by molar-refractivity contribution is -0.120. The highest BCUT2D eigenvalue weighted by atomic mass is 35.5. The van der Waals surface area contributed by atoms with E-state index in [2.05, 4.69) is 5.32 Å². The molecule has 0 radical (unpaired) electrons. The zero-order valence-electron chi connectivity index (χ0n) is 14.7. The standard InChI is InChI=1S/C18H16ClN3O5S/c1-2-27-13-7-5-12(6-8-13)22-17(23)15(19)16(18(22)24)21-11-3-9-14(10-4-11)28(20,25)26/h3-10,21H,2H2,1H3,(H2,20,25,26). The van der Waals surface area contributed by atoms with Gasteiger partial charge in [-0.3, -0.25) is 9.59 Å². The smallest absolute Gasteiger partial charge is 0.283 e. The van der Waals surface area contributed by atoms with Gasteiger partial charge in [0.25, 0.3) is 11.8 Å². The molecule has 0 saturated heterocycles. The number of carbonyl (C=O) groups excluding carboxylic acids is 2. The fraction of sp³-hybridized carbons (Fsp3) is 0.111. The van der Waals surface area contributed by atoms with Gasteiger partial charge in [0.2, 0.25) is 10.0 Å². The first-order valence-electron chi connectivity index (χ1n) is 8.13. The predicted molar refractivity (Wildman–Crippen MR) is 104 cm³/mol. The highest BCUT2D eigenvalue weighted by molar-refractivity contribution is 7.89. The molecule has 0 aromatic heterocycles. The summed E-state index contributed by atoms with van der Waals surface area (Å²) in [6.45, 7) is 2.34. The Kier molecular flexibility index (Phi) is 5.41. The molecule has 3 rings (SSSR count). The van der Waals surface area contributed by atoms with Crippen LogP contribution in [0, 0.1) is 0 Å². The van der Waals surface area contributed by atoms with Gasteiger partial charge in [-0.2, -0.15) is 0 Å². The Hall–Kier alpha value is -2.88. The maximum atomic E-state index is 12.7. The lowest BCUT2D eigenvalue weighted by Gasteiger charge is -2.15. The number of anilines is 2. The topological polar surface area (TPSA) is 119 Å². The number of benzene rings is 2. The summed E-state index contributed by atoms with van der Waals surface area (Å²) in [7, 11) is -3.84. The molecule has 0 aliphatic carbocycles. The summed E-state index contributed by atoms with van der Waals surface area (Å²) in [5, 5.41) is 7.54. The van der Waals surface area contributed by atoms with Crippen molar-refractivity contribution < 1.29 is 22.7 Å². The molecule has 2 aromatic carbocycles. The number of amides is 2. The van der Waals surface area contributed by atoms with Gasteiger partial charge >= 0.3 is 0 Å². The van der Waals surface area contributed by atoms with Crippen molar-refractivity contribution in [3.05, 3.63) is 59.3 Å². The minimum absolute atomic E-state index is 0.0806. The van der Waals surface area contributed by atoms with E-state index in [-0.39, 0.29) is 15.6 Å². The fourth-order valence-corrected chi connectivity index (χ4v) is 3.30. The van der Waals surface area contributed by atoms with Gasteiger partial charge in [0, 0.05) is 5.69 Å². The normalized spacial score (nSPS) is 14.6. The van der Waals surface area contributed by atoms with Crippen LogP contribution in [0.2, 0.25) is 0 Å². The zero-order valence-corrected chi connectivity index (χ0v) is 16.3. The van der Waals surface area contributed by atoms with E-state index in [1.165, 1.54) is 24.3 Å². The van der Waals surface area contributed by atoms with Crippen LogP contribution in [0.25, 0.3) is 0 Å². The molecule has 1 aliphatic heterocycles. The van der Waals surface area contributed by atoms with Crippen molar-refractivity contribution >= 4 is 44.8 Å². The van der Waals surface area contributed by atoms with Crippen LogP contribution >= 0.6 is 11.6 Å². The quantitative estimate of drug-likeness (QED) is 0.690. The minimum Gasteiger partial charge on any atom is -0.494 e. The fourth-order valence-electron chi connectivity index (χ4n) is 2.58.